The summed E-state index contributed by atoms with van der Waals surface area (Å²) in [6.45, 7) is 7.50. The molecule has 0 radical (unpaired) electrons. The molecule has 104 valence electrons. The normalized spacial score (nSPS) is 22.7. The van der Waals surface area contributed by atoms with Crippen LogP contribution in [0.1, 0.15) is 30.2 Å². The number of rotatable bonds is 4. The van der Waals surface area contributed by atoms with Crippen molar-refractivity contribution in [3.63, 3.8) is 0 Å². The molecule has 0 bridgehead atoms. The molecule has 19 heavy (non-hydrogen) atoms. The summed E-state index contributed by atoms with van der Waals surface area (Å²) in [5.41, 5.74) is 2.07. The third-order valence-electron chi connectivity index (χ3n) is 3.66. The van der Waals surface area contributed by atoms with Crippen LogP contribution in [0, 0.1) is 24.0 Å². The Balaban J connectivity index is 2.17. The number of nitrogens with one attached hydrogen (secondary N) is 1. The molecule has 1 aromatic heterocycles. The van der Waals surface area contributed by atoms with Gasteiger partial charge in [-0.25, -0.2) is 0 Å². The Hall–Kier alpha value is -1.53. The lowest BCUT2D eigenvalue weighted by atomic mass is 10.0. The van der Waals surface area contributed by atoms with Crippen molar-refractivity contribution >= 4 is 5.69 Å². The maximum Gasteiger partial charge on any atom is 0.278 e. The molecule has 1 atom stereocenters. The van der Waals surface area contributed by atoms with E-state index < -0.39 is 0 Å². The Morgan fingerprint density at radius 2 is 2.32 bits per heavy atom. The highest BCUT2D eigenvalue weighted by atomic mass is 16.6. The lowest BCUT2D eigenvalue weighted by molar-refractivity contribution is -0.386. The molecule has 6 nitrogen and oxygen atoms in total. The van der Waals surface area contributed by atoms with Crippen LogP contribution in [-0.2, 0) is 11.3 Å². The first kappa shape index (κ1) is 13.9. The van der Waals surface area contributed by atoms with E-state index in [-0.39, 0.29) is 16.1 Å². The van der Waals surface area contributed by atoms with E-state index in [1.54, 1.807) is 20.0 Å². The number of pyridine rings is 1. The summed E-state index contributed by atoms with van der Waals surface area (Å²) in [5.74, 6) is 0. The molecule has 1 aliphatic rings. The number of aromatic nitrogens is 1. The van der Waals surface area contributed by atoms with E-state index in [2.05, 4.69) is 17.2 Å². The molecule has 0 amide bonds. The summed E-state index contributed by atoms with van der Waals surface area (Å²) >= 11 is 0. The van der Waals surface area contributed by atoms with E-state index in [0.717, 1.165) is 18.7 Å². The summed E-state index contributed by atoms with van der Waals surface area (Å²) in [4.78, 5) is 15.0. The standard InChI is InChI=1S/C13H19N3O3/c1-9-6-14-11(10(2)12(9)16(17)18)7-15-13(3)4-5-19-8-13/h6,15H,4-5,7-8H2,1-3H3. The van der Waals surface area contributed by atoms with Crippen molar-refractivity contribution in [2.24, 2.45) is 0 Å². The van der Waals surface area contributed by atoms with Gasteiger partial charge in [0.1, 0.15) is 0 Å². The minimum absolute atomic E-state index is 0.0617. The summed E-state index contributed by atoms with van der Waals surface area (Å²) < 4.78 is 5.37. The largest absolute Gasteiger partial charge is 0.379 e. The van der Waals surface area contributed by atoms with Crippen LogP contribution >= 0.6 is 0 Å². The Kier molecular flexibility index (Phi) is 3.82. The van der Waals surface area contributed by atoms with Gasteiger partial charge in [0, 0.05) is 36.0 Å². The SMILES string of the molecule is Cc1cnc(CNC2(C)CCOC2)c(C)c1[N+](=O)[O-]. The topological polar surface area (TPSA) is 77.3 Å². The monoisotopic (exact) mass is 265 g/mol. The van der Waals surface area contributed by atoms with Crippen molar-refractivity contribution < 1.29 is 9.66 Å². The van der Waals surface area contributed by atoms with E-state index in [9.17, 15) is 10.1 Å². The van der Waals surface area contributed by atoms with E-state index in [1.807, 2.05) is 0 Å². The predicted octanol–water partition coefficient (Wildman–Crippen LogP) is 1.88. The maximum absolute atomic E-state index is 11.1. The lowest BCUT2D eigenvalue weighted by Crippen LogP contribution is -2.42. The van der Waals surface area contributed by atoms with Crippen molar-refractivity contribution in [2.45, 2.75) is 39.3 Å². The Labute approximate surface area is 112 Å². The smallest absolute Gasteiger partial charge is 0.278 e. The van der Waals surface area contributed by atoms with E-state index >= 15 is 0 Å². The van der Waals surface area contributed by atoms with Gasteiger partial charge in [-0.05, 0) is 27.2 Å². The van der Waals surface area contributed by atoms with Crippen molar-refractivity contribution in [1.29, 1.82) is 0 Å². The maximum atomic E-state index is 11.1. The second kappa shape index (κ2) is 5.22. The fraction of sp³-hybridized carbons (Fsp3) is 0.615. The van der Waals surface area contributed by atoms with Gasteiger partial charge < -0.3 is 10.1 Å². The Morgan fingerprint density at radius 1 is 1.58 bits per heavy atom. The minimum atomic E-state index is -0.337. The molecule has 0 aliphatic carbocycles. The quantitative estimate of drug-likeness (QED) is 0.664. The van der Waals surface area contributed by atoms with Crippen LogP contribution in [0.25, 0.3) is 0 Å². The Morgan fingerprint density at radius 3 is 2.89 bits per heavy atom. The number of aryl methyl sites for hydroxylation is 1. The first-order chi connectivity index (χ1) is 8.93. The molecule has 2 heterocycles. The van der Waals surface area contributed by atoms with E-state index in [1.165, 1.54) is 0 Å². The summed E-state index contributed by atoms with van der Waals surface area (Å²) in [6.07, 6.45) is 2.51. The van der Waals surface area contributed by atoms with Gasteiger partial charge in [-0.3, -0.25) is 15.1 Å². The van der Waals surface area contributed by atoms with Gasteiger partial charge in [0.2, 0.25) is 0 Å². The highest BCUT2D eigenvalue weighted by Crippen LogP contribution is 2.25. The van der Waals surface area contributed by atoms with Crippen LogP contribution < -0.4 is 5.32 Å². The van der Waals surface area contributed by atoms with Crippen LogP contribution in [-0.4, -0.2) is 28.7 Å². The van der Waals surface area contributed by atoms with Gasteiger partial charge in [0.15, 0.2) is 0 Å². The van der Waals surface area contributed by atoms with Gasteiger partial charge in [0.25, 0.3) is 5.69 Å². The second-order valence-electron chi connectivity index (χ2n) is 5.34. The average Bonchev–Trinajstić information content (AvgIpc) is 2.75. The van der Waals surface area contributed by atoms with Crippen LogP contribution in [0.5, 0.6) is 0 Å². The van der Waals surface area contributed by atoms with Crippen molar-refractivity contribution in [1.82, 2.24) is 10.3 Å². The van der Waals surface area contributed by atoms with Gasteiger partial charge >= 0.3 is 0 Å². The molecule has 0 spiro atoms. The molecular formula is C13H19N3O3. The summed E-state index contributed by atoms with van der Waals surface area (Å²) in [7, 11) is 0. The lowest BCUT2D eigenvalue weighted by Gasteiger charge is -2.23. The number of nitrogens with zero attached hydrogens (tertiary/aromatic N) is 2. The number of ether oxygens (including phenoxy) is 1. The number of hydrogen-bond donors (Lipinski definition) is 1. The Bertz CT molecular complexity index is 496. The average molecular weight is 265 g/mol. The summed E-state index contributed by atoms with van der Waals surface area (Å²) in [6, 6.07) is 0. The van der Waals surface area contributed by atoms with Gasteiger partial charge in [-0.15, -0.1) is 0 Å². The third-order valence-corrected chi connectivity index (χ3v) is 3.66. The van der Waals surface area contributed by atoms with Gasteiger partial charge in [-0.1, -0.05) is 0 Å². The van der Waals surface area contributed by atoms with Crippen molar-refractivity contribution in [2.75, 3.05) is 13.2 Å². The molecular weight excluding hydrogens is 246 g/mol. The minimum Gasteiger partial charge on any atom is -0.379 e. The first-order valence-corrected chi connectivity index (χ1v) is 6.35. The molecule has 0 aromatic carbocycles. The van der Waals surface area contributed by atoms with Crippen LogP contribution in [0.3, 0.4) is 0 Å². The zero-order chi connectivity index (χ0) is 14.0. The summed E-state index contributed by atoms with van der Waals surface area (Å²) in [5, 5.41) is 14.4. The van der Waals surface area contributed by atoms with Crippen molar-refractivity contribution in [3.8, 4) is 0 Å². The molecule has 1 aliphatic heterocycles. The molecule has 1 aromatic rings. The fourth-order valence-electron chi connectivity index (χ4n) is 2.33. The van der Waals surface area contributed by atoms with E-state index in [0.29, 0.717) is 24.3 Å². The molecule has 6 heteroatoms. The second-order valence-corrected chi connectivity index (χ2v) is 5.34. The van der Waals surface area contributed by atoms with Crippen LogP contribution in [0.2, 0.25) is 0 Å². The van der Waals surface area contributed by atoms with Crippen LogP contribution in [0.15, 0.2) is 6.20 Å². The molecule has 0 saturated carbocycles. The van der Waals surface area contributed by atoms with Gasteiger partial charge in [0.05, 0.1) is 17.2 Å². The first-order valence-electron chi connectivity index (χ1n) is 6.35. The molecule has 1 unspecified atom stereocenters. The van der Waals surface area contributed by atoms with Gasteiger partial charge in [-0.2, -0.15) is 0 Å². The third kappa shape index (κ3) is 2.90. The highest BCUT2D eigenvalue weighted by Gasteiger charge is 2.29. The molecule has 2 rings (SSSR count). The highest BCUT2D eigenvalue weighted by molar-refractivity contribution is 5.47. The zero-order valence-corrected chi connectivity index (χ0v) is 11.5. The number of hydrogen-bond acceptors (Lipinski definition) is 5. The zero-order valence-electron chi connectivity index (χ0n) is 11.5. The molecule has 1 N–H and O–H groups in total. The fourth-order valence-corrected chi connectivity index (χ4v) is 2.33. The van der Waals surface area contributed by atoms with Crippen LogP contribution in [0.4, 0.5) is 5.69 Å². The van der Waals surface area contributed by atoms with E-state index in [4.69, 9.17) is 4.74 Å². The predicted molar refractivity (Wildman–Crippen MR) is 71.0 cm³/mol. The molecule has 1 saturated heterocycles. The number of nitro groups is 1. The molecule has 1 fully saturated rings. The van der Waals surface area contributed by atoms with Crippen molar-refractivity contribution in [3.05, 3.63) is 33.1 Å².